The zero-order chi connectivity index (χ0) is 16.5. The van der Waals surface area contributed by atoms with E-state index in [4.69, 9.17) is 23.2 Å². The summed E-state index contributed by atoms with van der Waals surface area (Å²) in [5.41, 5.74) is 1.80. The maximum Gasteiger partial charge on any atom is 0.142 e. The highest BCUT2D eigenvalue weighted by atomic mass is 35.5. The van der Waals surface area contributed by atoms with Crippen LogP contribution in [0.25, 0.3) is 20.7 Å². The number of anilines is 2. The fourth-order valence-electron chi connectivity index (χ4n) is 2.44. The predicted molar refractivity (Wildman–Crippen MR) is 103 cm³/mol. The molecule has 0 amide bonds. The number of hydrogen-bond donors (Lipinski definition) is 1. The number of para-hydroxylation sites is 1. The quantitative estimate of drug-likeness (QED) is 0.452. The van der Waals surface area contributed by atoms with Crippen molar-refractivity contribution < 1.29 is 0 Å². The van der Waals surface area contributed by atoms with Gasteiger partial charge in [0.05, 0.1) is 21.1 Å². The molecule has 4 rings (SSSR count). The first-order chi connectivity index (χ1) is 11.7. The molecule has 0 radical (unpaired) electrons. The summed E-state index contributed by atoms with van der Waals surface area (Å²) in [6.45, 7) is 0. The Hall–Kier alpha value is -2.14. The molecule has 118 valence electrons. The molecule has 2 aromatic carbocycles. The maximum atomic E-state index is 6.24. The minimum absolute atomic E-state index is 0.549. The Bertz CT molecular complexity index is 995. The summed E-state index contributed by atoms with van der Waals surface area (Å²) in [6, 6.07) is 17.7. The Labute approximate surface area is 152 Å². The van der Waals surface area contributed by atoms with Crippen LogP contribution in [0, 0.1) is 0 Å². The van der Waals surface area contributed by atoms with Gasteiger partial charge in [0.25, 0.3) is 0 Å². The van der Waals surface area contributed by atoms with Crippen LogP contribution in [-0.4, -0.2) is 9.97 Å². The zero-order valence-corrected chi connectivity index (χ0v) is 14.7. The van der Waals surface area contributed by atoms with E-state index in [2.05, 4.69) is 33.5 Å². The van der Waals surface area contributed by atoms with Crippen LogP contribution in [0.3, 0.4) is 0 Å². The van der Waals surface area contributed by atoms with Gasteiger partial charge in [-0.15, -0.1) is 11.3 Å². The van der Waals surface area contributed by atoms with Crippen LogP contribution in [0.1, 0.15) is 0 Å². The molecule has 2 heterocycles. The molecule has 0 aliphatic heterocycles. The second-order valence-electron chi connectivity index (χ2n) is 5.14. The molecule has 6 heteroatoms. The predicted octanol–water partition coefficient (Wildman–Crippen LogP) is 6.41. The van der Waals surface area contributed by atoms with E-state index in [9.17, 15) is 0 Å². The fraction of sp³-hybridized carbons (Fsp3) is 0. The number of nitrogens with one attached hydrogen (secondary N) is 1. The molecule has 3 nitrogen and oxygen atoms in total. The Morgan fingerprint density at radius 1 is 0.875 bits per heavy atom. The summed E-state index contributed by atoms with van der Waals surface area (Å²) < 4.78 is 0. The number of aromatic nitrogens is 2. The normalized spacial score (nSPS) is 10.9. The molecule has 0 atom stereocenters. The maximum absolute atomic E-state index is 6.24. The van der Waals surface area contributed by atoms with Crippen molar-refractivity contribution in [2.24, 2.45) is 0 Å². The summed E-state index contributed by atoms with van der Waals surface area (Å²) >= 11 is 14.1. The number of benzene rings is 2. The number of rotatable bonds is 3. The van der Waals surface area contributed by atoms with E-state index in [1.54, 1.807) is 29.8 Å². The Kier molecular flexibility index (Phi) is 4.10. The van der Waals surface area contributed by atoms with Crippen molar-refractivity contribution in [3.63, 3.8) is 0 Å². The lowest BCUT2D eigenvalue weighted by molar-refractivity contribution is 1.23. The third-order valence-corrected chi connectivity index (χ3v) is 5.32. The summed E-state index contributed by atoms with van der Waals surface area (Å²) in [6.07, 6.45) is 1.54. The van der Waals surface area contributed by atoms with Gasteiger partial charge in [-0.1, -0.05) is 59.6 Å². The molecule has 2 aromatic heterocycles. The van der Waals surface area contributed by atoms with Crippen LogP contribution < -0.4 is 5.32 Å². The standard InChI is InChI=1S/C18H11Cl2N3S/c19-13-7-4-8-14(20)16(13)23-17-12-9-15(11-5-2-1-3-6-11)24-18(12)22-10-21-17/h1-10H,(H,21,22,23). The van der Waals surface area contributed by atoms with Crippen molar-refractivity contribution in [3.8, 4) is 10.4 Å². The van der Waals surface area contributed by atoms with Gasteiger partial charge in [-0.05, 0) is 23.8 Å². The molecule has 0 saturated carbocycles. The van der Waals surface area contributed by atoms with Crippen molar-refractivity contribution in [2.45, 2.75) is 0 Å². The third kappa shape index (κ3) is 2.84. The lowest BCUT2D eigenvalue weighted by Gasteiger charge is -2.09. The second kappa shape index (κ2) is 6.40. The SMILES string of the molecule is Clc1cccc(Cl)c1Nc1ncnc2sc(-c3ccccc3)cc12. The summed E-state index contributed by atoms with van der Waals surface area (Å²) in [5.74, 6) is 0.688. The van der Waals surface area contributed by atoms with E-state index in [0.29, 0.717) is 21.6 Å². The van der Waals surface area contributed by atoms with Crippen molar-refractivity contribution in [2.75, 3.05) is 5.32 Å². The lowest BCUT2D eigenvalue weighted by Crippen LogP contribution is -1.96. The minimum Gasteiger partial charge on any atom is -0.337 e. The van der Waals surface area contributed by atoms with Gasteiger partial charge in [-0.2, -0.15) is 0 Å². The van der Waals surface area contributed by atoms with Crippen molar-refractivity contribution in [3.05, 3.63) is 71.0 Å². The molecule has 0 spiro atoms. The smallest absolute Gasteiger partial charge is 0.142 e. The minimum atomic E-state index is 0.549. The molecule has 1 N–H and O–H groups in total. The van der Waals surface area contributed by atoms with E-state index in [-0.39, 0.29) is 0 Å². The molecular weight excluding hydrogens is 361 g/mol. The van der Waals surface area contributed by atoms with Gasteiger partial charge >= 0.3 is 0 Å². The first-order valence-corrected chi connectivity index (χ1v) is 8.80. The van der Waals surface area contributed by atoms with E-state index in [0.717, 1.165) is 20.7 Å². The van der Waals surface area contributed by atoms with Crippen LogP contribution in [0.5, 0.6) is 0 Å². The van der Waals surface area contributed by atoms with Gasteiger partial charge < -0.3 is 5.32 Å². The molecule has 0 unspecified atom stereocenters. The monoisotopic (exact) mass is 371 g/mol. The van der Waals surface area contributed by atoms with Crippen LogP contribution >= 0.6 is 34.5 Å². The highest BCUT2D eigenvalue weighted by molar-refractivity contribution is 7.21. The van der Waals surface area contributed by atoms with Crippen LogP contribution in [0.15, 0.2) is 60.9 Å². The van der Waals surface area contributed by atoms with Gasteiger partial charge in [-0.3, -0.25) is 0 Å². The molecular formula is C18H11Cl2N3S. The Morgan fingerprint density at radius 3 is 2.38 bits per heavy atom. The molecule has 0 saturated heterocycles. The summed E-state index contributed by atoms with van der Waals surface area (Å²) in [5, 5.41) is 5.28. The Balaban J connectivity index is 1.81. The van der Waals surface area contributed by atoms with Gasteiger partial charge in [0.1, 0.15) is 17.0 Å². The van der Waals surface area contributed by atoms with Crippen molar-refractivity contribution >= 4 is 56.3 Å². The first kappa shape index (κ1) is 15.4. The van der Waals surface area contributed by atoms with E-state index >= 15 is 0 Å². The molecule has 0 aliphatic carbocycles. The number of thiophene rings is 1. The second-order valence-corrected chi connectivity index (χ2v) is 6.98. The van der Waals surface area contributed by atoms with Gasteiger partial charge in [-0.25, -0.2) is 9.97 Å². The number of nitrogens with zero attached hydrogens (tertiary/aromatic N) is 2. The average molecular weight is 372 g/mol. The molecule has 0 aliphatic rings. The topological polar surface area (TPSA) is 37.8 Å². The number of halogens is 2. The summed E-state index contributed by atoms with van der Waals surface area (Å²) in [4.78, 5) is 10.8. The molecule has 0 bridgehead atoms. The number of hydrogen-bond acceptors (Lipinski definition) is 4. The number of fused-ring (bicyclic) bond motifs is 1. The van der Waals surface area contributed by atoms with Crippen LogP contribution in [0.4, 0.5) is 11.5 Å². The van der Waals surface area contributed by atoms with Gasteiger partial charge in [0.2, 0.25) is 0 Å². The average Bonchev–Trinajstić information content (AvgIpc) is 3.04. The van der Waals surface area contributed by atoms with Gasteiger partial charge in [0, 0.05) is 4.88 Å². The van der Waals surface area contributed by atoms with E-state index < -0.39 is 0 Å². The van der Waals surface area contributed by atoms with Crippen molar-refractivity contribution in [1.29, 1.82) is 0 Å². The van der Waals surface area contributed by atoms with E-state index in [1.807, 2.05) is 24.3 Å². The molecule has 4 aromatic rings. The van der Waals surface area contributed by atoms with Crippen LogP contribution in [0.2, 0.25) is 10.0 Å². The van der Waals surface area contributed by atoms with Crippen LogP contribution in [-0.2, 0) is 0 Å². The molecule has 0 fully saturated rings. The van der Waals surface area contributed by atoms with Gasteiger partial charge in [0.15, 0.2) is 0 Å². The van der Waals surface area contributed by atoms with Crippen molar-refractivity contribution in [1.82, 2.24) is 9.97 Å². The molecule has 24 heavy (non-hydrogen) atoms. The zero-order valence-electron chi connectivity index (χ0n) is 12.3. The largest absolute Gasteiger partial charge is 0.337 e. The van der Waals surface area contributed by atoms with E-state index in [1.165, 1.54) is 0 Å². The highest BCUT2D eigenvalue weighted by Crippen LogP contribution is 2.38. The Morgan fingerprint density at radius 2 is 1.62 bits per heavy atom. The fourth-order valence-corrected chi connectivity index (χ4v) is 3.93. The first-order valence-electron chi connectivity index (χ1n) is 7.23. The highest BCUT2D eigenvalue weighted by Gasteiger charge is 2.12. The summed E-state index contributed by atoms with van der Waals surface area (Å²) in [7, 11) is 0. The lowest BCUT2D eigenvalue weighted by atomic mass is 10.2. The third-order valence-electron chi connectivity index (χ3n) is 3.59.